The molecule has 0 amide bonds. The predicted octanol–water partition coefficient (Wildman–Crippen LogP) is 2.49. The molecule has 5 nitrogen and oxygen atoms in total. The zero-order valence-electron chi connectivity index (χ0n) is 11.4. The Morgan fingerprint density at radius 2 is 2.18 bits per heavy atom. The van der Waals surface area contributed by atoms with Crippen LogP contribution in [0.3, 0.4) is 0 Å². The molecule has 1 aromatic carbocycles. The summed E-state index contributed by atoms with van der Waals surface area (Å²) in [6.45, 7) is 1.36. The van der Waals surface area contributed by atoms with Crippen LogP contribution >= 0.6 is 23.8 Å². The van der Waals surface area contributed by atoms with Gasteiger partial charge in [0.2, 0.25) is 0 Å². The number of phenolic OH excluding ortho intramolecular Hbond substituents is 1. The quantitative estimate of drug-likeness (QED) is 0.734. The van der Waals surface area contributed by atoms with E-state index in [4.69, 9.17) is 23.8 Å². The summed E-state index contributed by atoms with van der Waals surface area (Å²) < 4.78 is 13.7. The molecule has 0 bridgehead atoms. The van der Waals surface area contributed by atoms with Gasteiger partial charge < -0.3 is 10.1 Å². The average molecular weight is 342 g/mol. The van der Waals surface area contributed by atoms with Crippen LogP contribution in [0.1, 0.15) is 16.8 Å². The van der Waals surface area contributed by atoms with Crippen LogP contribution in [0.4, 0.5) is 4.39 Å². The van der Waals surface area contributed by atoms with Crippen molar-refractivity contribution in [2.45, 2.75) is 19.5 Å². The minimum absolute atomic E-state index is 0.0191. The minimum Gasteiger partial charge on any atom is -0.506 e. The summed E-state index contributed by atoms with van der Waals surface area (Å²) in [7, 11) is 0. The van der Waals surface area contributed by atoms with E-state index in [-0.39, 0.29) is 16.3 Å². The fraction of sp³-hybridized carbons (Fsp3) is 0.286. The van der Waals surface area contributed by atoms with Gasteiger partial charge in [0.25, 0.3) is 5.56 Å². The standard InChI is InChI=1S/C14H13ClFN3O2S/c15-10-4-8(16)3-7(12(10)20)5-19-2-1-11-9(6-19)13(21)18-14(22)17-11/h3-4,20H,1-2,5-6H2,(H2,17,18,21,22). The highest BCUT2D eigenvalue weighted by Crippen LogP contribution is 2.30. The van der Waals surface area contributed by atoms with Gasteiger partial charge in [-0.2, -0.15) is 0 Å². The van der Waals surface area contributed by atoms with Crippen LogP contribution in [0.25, 0.3) is 0 Å². The molecule has 116 valence electrons. The van der Waals surface area contributed by atoms with Gasteiger partial charge in [-0.25, -0.2) is 4.39 Å². The molecule has 0 aliphatic carbocycles. The third-order valence-corrected chi connectivity index (χ3v) is 4.18. The first kappa shape index (κ1) is 15.2. The number of aromatic amines is 2. The highest BCUT2D eigenvalue weighted by molar-refractivity contribution is 7.71. The van der Waals surface area contributed by atoms with E-state index in [1.165, 1.54) is 6.07 Å². The summed E-state index contributed by atoms with van der Waals surface area (Å²) >= 11 is 10.7. The molecule has 3 rings (SSSR count). The van der Waals surface area contributed by atoms with Gasteiger partial charge in [0.15, 0.2) is 4.77 Å². The first-order chi connectivity index (χ1) is 10.4. The Bertz CT molecular complexity index is 849. The maximum atomic E-state index is 13.4. The molecule has 2 heterocycles. The lowest BCUT2D eigenvalue weighted by Gasteiger charge is -2.28. The summed E-state index contributed by atoms with van der Waals surface area (Å²) in [5, 5.41) is 9.91. The highest BCUT2D eigenvalue weighted by atomic mass is 35.5. The lowest BCUT2D eigenvalue weighted by molar-refractivity contribution is 0.238. The molecule has 3 N–H and O–H groups in total. The normalized spacial score (nSPS) is 14.8. The van der Waals surface area contributed by atoms with Crippen LogP contribution in [0, 0.1) is 10.6 Å². The second kappa shape index (κ2) is 5.83. The third kappa shape index (κ3) is 2.92. The van der Waals surface area contributed by atoms with Crippen LogP contribution in [0.5, 0.6) is 5.75 Å². The number of nitrogens with zero attached hydrogens (tertiary/aromatic N) is 1. The first-order valence-electron chi connectivity index (χ1n) is 6.67. The fourth-order valence-corrected chi connectivity index (χ4v) is 3.07. The second-order valence-electron chi connectivity index (χ2n) is 5.22. The molecular formula is C14H13ClFN3O2S. The zero-order valence-corrected chi connectivity index (χ0v) is 13.0. The van der Waals surface area contributed by atoms with Crippen molar-refractivity contribution in [3.05, 3.63) is 54.9 Å². The van der Waals surface area contributed by atoms with Crippen molar-refractivity contribution in [1.82, 2.24) is 14.9 Å². The maximum Gasteiger partial charge on any atom is 0.256 e. The van der Waals surface area contributed by atoms with Crippen LogP contribution in [-0.2, 0) is 19.5 Å². The van der Waals surface area contributed by atoms with Crippen LogP contribution in [-0.4, -0.2) is 26.5 Å². The minimum atomic E-state index is -0.503. The molecule has 0 spiro atoms. The number of benzene rings is 1. The monoisotopic (exact) mass is 341 g/mol. The summed E-state index contributed by atoms with van der Waals surface area (Å²) in [6, 6.07) is 2.32. The van der Waals surface area contributed by atoms with E-state index in [1.54, 1.807) is 0 Å². The molecule has 0 unspecified atom stereocenters. The summed E-state index contributed by atoms with van der Waals surface area (Å²) in [4.78, 5) is 19.4. The average Bonchev–Trinajstić information content (AvgIpc) is 2.45. The molecule has 1 aliphatic heterocycles. The Morgan fingerprint density at radius 3 is 2.95 bits per heavy atom. The van der Waals surface area contributed by atoms with Gasteiger partial charge in [0.05, 0.1) is 10.6 Å². The third-order valence-electron chi connectivity index (χ3n) is 3.69. The number of nitrogens with one attached hydrogen (secondary N) is 2. The molecule has 0 fully saturated rings. The first-order valence-corrected chi connectivity index (χ1v) is 7.46. The number of aromatic nitrogens is 2. The van der Waals surface area contributed by atoms with Crippen LogP contribution in [0.2, 0.25) is 5.02 Å². The summed E-state index contributed by atoms with van der Waals surface area (Å²) in [6.07, 6.45) is 0.632. The maximum absolute atomic E-state index is 13.4. The van der Waals surface area contributed by atoms with Gasteiger partial charge in [0, 0.05) is 37.3 Å². The summed E-state index contributed by atoms with van der Waals surface area (Å²) in [5.41, 5.74) is 1.62. The number of halogens is 2. The predicted molar refractivity (Wildman–Crippen MR) is 83.1 cm³/mol. The van der Waals surface area contributed by atoms with Gasteiger partial charge in [-0.1, -0.05) is 11.6 Å². The Hall–Kier alpha value is -1.70. The Kier molecular flexibility index (Phi) is 4.03. The fourth-order valence-electron chi connectivity index (χ4n) is 2.63. The molecule has 0 saturated carbocycles. The molecular weight excluding hydrogens is 329 g/mol. The molecule has 2 aromatic rings. The SMILES string of the molecule is O=c1[nH]c(=S)[nH]c2c1CN(Cc1cc(F)cc(Cl)c1O)CC2. The van der Waals surface area contributed by atoms with Crippen molar-refractivity contribution in [2.75, 3.05) is 6.54 Å². The lowest BCUT2D eigenvalue weighted by atomic mass is 10.1. The smallest absolute Gasteiger partial charge is 0.256 e. The van der Waals surface area contributed by atoms with Crippen molar-refractivity contribution >= 4 is 23.8 Å². The second-order valence-corrected chi connectivity index (χ2v) is 6.04. The lowest BCUT2D eigenvalue weighted by Crippen LogP contribution is -2.35. The van der Waals surface area contributed by atoms with Crippen molar-refractivity contribution in [2.24, 2.45) is 0 Å². The van der Waals surface area contributed by atoms with E-state index in [9.17, 15) is 14.3 Å². The van der Waals surface area contributed by atoms with Gasteiger partial charge in [-0.05, 0) is 24.4 Å². The number of phenols is 1. The Morgan fingerprint density at radius 1 is 1.41 bits per heavy atom. The van der Waals surface area contributed by atoms with E-state index >= 15 is 0 Å². The molecule has 0 radical (unpaired) electrons. The van der Waals surface area contributed by atoms with Crippen molar-refractivity contribution < 1.29 is 9.50 Å². The van der Waals surface area contributed by atoms with Crippen LogP contribution < -0.4 is 5.56 Å². The zero-order chi connectivity index (χ0) is 15.9. The van der Waals surface area contributed by atoms with E-state index in [0.29, 0.717) is 42.0 Å². The number of hydrogen-bond acceptors (Lipinski definition) is 4. The molecule has 0 saturated heterocycles. The van der Waals surface area contributed by atoms with Crippen LogP contribution in [0.15, 0.2) is 16.9 Å². The Balaban J connectivity index is 1.87. The topological polar surface area (TPSA) is 72.1 Å². The van der Waals surface area contributed by atoms with Gasteiger partial charge in [-0.15, -0.1) is 0 Å². The Labute approximate surface area is 135 Å². The summed E-state index contributed by atoms with van der Waals surface area (Å²) in [5.74, 6) is -0.632. The van der Waals surface area contributed by atoms with E-state index in [1.807, 2.05) is 4.90 Å². The van der Waals surface area contributed by atoms with Gasteiger partial charge in [0.1, 0.15) is 11.6 Å². The van der Waals surface area contributed by atoms with Crippen molar-refractivity contribution in [3.63, 3.8) is 0 Å². The highest BCUT2D eigenvalue weighted by Gasteiger charge is 2.21. The van der Waals surface area contributed by atoms with Gasteiger partial charge >= 0.3 is 0 Å². The largest absolute Gasteiger partial charge is 0.506 e. The number of fused-ring (bicyclic) bond motifs is 1. The number of rotatable bonds is 2. The van der Waals surface area contributed by atoms with Gasteiger partial charge in [-0.3, -0.25) is 14.7 Å². The molecule has 8 heteroatoms. The number of aromatic hydroxyl groups is 1. The number of H-pyrrole nitrogens is 2. The molecule has 1 aromatic heterocycles. The molecule has 0 atom stereocenters. The van der Waals surface area contributed by atoms with Crippen molar-refractivity contribution in [3.8, 4) is 5.75 Å². The molecule has 1 aliphatic rings. The van der Waals surface area contributed by atoms with Crippen molar-refractivity contribution in [1.29, 1.82) is 0 Å². The van der Waals surface area contributed by atoms with E-state index in [2.05, 4.69) is 9.97 Å². The van der Waals surface area contributed by atoms with E-state index in [0.717, 1.165) is 11.8 Å². The number of hydrogen-bond donors (Lipinski definition) is 3. The van der Waals surface area contributed by atoms with E-state index < -0.39 is 5.82 Å². The molecule has 22 heavy (non-hydrogen) atoms.